The smallest absolute Gasteiger partial charge is 0.337 e. The van der Waals surface area contributed by atoms with Gasteiger partial charge in [-0.1, -0.05) is 47.5 Å². The van der Waals surface area contributed by atoms with Crippen LogP contribution in [0.3, 0.4) is 0 Å². The average molecular weight is 484 g/mol. The van der Waals surface area contributed by atoms with Gasteiger partial charge in [-0.3, -0.25) is 9.36 Å². The largest absolute Gasteiger partial charge is 0.466 e. The lowest BCUT2D eigenvalue weighted by Crippen LogP contribution is -2.40. The summed E-state index contributed by atoms with van der Waals surface area (Å²) >= 11 is 13.1. The lowest BCUT2D eigenvalue weighted by atomic mass is 9.84. The van der Waals surface area contributed by atoms with E-state index in [9.17, 15) is 14.9 Å². The molecule has 0 spiro atoms. The Bertz CT molecular complexity index is 1480. The molecule has 1 atom stereocenters. The molecule has 160 valence electrons. The molecule has 6 nitrogen and oxygen atoms in total. The normalized spacial score (nSPS) is 16.0. The van der Waals surface area contributed by atoms with Gasteiger partial charge in [0.25, 0.3) is 5.56 Å². The number of nitrogens with zero attached hydrogens (tertiary/aromatic N) is 2. The van der Waals surface area contributed by atoms with Crippen molar-refractivity contribution >= 4 is 58.0 Å². The molecule has 1 aliphatic heterocycles. The number of benzene rings is 2. The molecule has 32 heavy (non-hydrogen) atoms. The molecule has 3 aromatic rings. The number of carbonyl (C=O) groups excluding carboxylic acids is 1. The molecule has 2 heterocycles. The van der Waals surface area contributed by atoms with Gasteiger partial charge in [0.1, 0.15) is 10.5 Å². The van der Waals surface area contributed by atoms with Crippen molar-refractivity contribution in [3.8, 4) is 6.07 Å². The molecule has 0 amide bonds. The van der Waals surface area contributed by atoms with E-state index in [2.05, 4.69) is 6.07 Å². The fourth-order valence-electron chi connectivity index (χ4n) is 3.55. The number of ether oxygens (including phenoxy) is 1. The number of thiazole rings is 1. The van der Waals surface area contributed by atoms with Gasteiger partial charge in [-0.05, 0) is 41.5 Å². The van der Waals surface area contributed by atoms with Crippen molar-refractivity contribution in [2.24, 2.45) is 5.73 Å². The number of hydrogen-bond acceptors (Lipinski definition) is 6. The fraction of sp³-hybridized carbons (Fsp3) is 0.0870. The highest BCUT2D eigenvalue weighted by Gasteiger charge is 2.36. The molecule has 2 N–H and O–H groups in total. The van der Waals surface area contributed by atoms with Crippen molar-refractivity contribution < 1.29 is 9.53 Å². The number of allylic oxidation sites excluding steroid dienone is 1. The Morgan fingerprint density at radius 1 is 1.16 bits per heavy atom. The first-order valence-electron chi connectivity index (χ1n) is 9.33. The zero-order chi connectivity index (χ0) is 23.0. The van der Waals surface area contributed by atoms with E-state index in [1.54, 1.807) is 54.6 Å². The molecule has 9 heteroatoms. The predicted octanol–water partition coefficient (Wildman–Crippen LogP) is 2.82. The Balaban J connectivity index is 2.08. The molecular weight excluding hydrogens is 469 g/mol. The number of nitrogens with two attached hydrogens (primary N) is 1. The van der Waals surface area contributed by atoms with Crippen LogP contribution in [0.4, 0.5) is 0 Å². The van der Waals surface area contributed by atoms with Crippen LogP contribution in [-0.4, -0.2) is 17.6 Å². The number of nitriles is 1. The first-order chi connectivity index (χ1) is 15.3. The van der Waals surface area contributed by atoms with Gasteiger partial charge in [0.2, 0.25) is 0 Å². The number of hydrogen-bond donors (Lipinski definition) is 1. The van der Waals surface area contributed by atoms with Gasteiger partial charge in [0.05, 0.1) is 34.8 Å². The van der Waals surface area contributed by atoms with Crippen LogP contribution in [0.5, 0.6) is 0 Å². The maximum atomic E-state index is 13.2. The van der Waals surface area contributed by atoms with E-state index in [0.717, 1.165) is 16.9 Å². The Morgan fingerprint density at radius 2 is 1.75 bits per heavy atom. The molecule has 0 radical (unpaired) electrons. The first kappa shape index (κ1) is 21.9. The highest BCUT2D eigenvalue weighted by atomic mass is 35.5. The lowest BCUT2D eigenvalue weighted by molar-refractivity contribution is -0.134. The van der Waals surface area contributed by atoms with Crippen molar-refractivity contribution in [1.82, 2.24) is 4.57 Å². The Morgan fingerprint density at radius 3 is 2.31 bits per heavy atom. The third kappa shape index (κ3) is 3.73. The number of fused-ring (bicyclic) bond motifs is 1. The summed E-state index contributed by atoms with van der Waals surface area (Å²) in [6, 6.07) is 15.8. The van der Waals surface area contributed by atoms with E-state index in [1.165, 1.54) is 11.7 Å². The average Bonchev–Trinajstić information content (AvgIpc) is 3.11. The number of methoxy groups -OCH3 is 1. The second-order valence-electron chi connectivity index (χ2n) is 6.91. The minimum Gasteiger partial charge on any atom is -0.466 e. The lowest BCUT2D eigenvalue weighted by Gasteiger charge is -2.24. The summed E-state index contributed by atoms with van der Waals surface area (Å²) in [6.07, 6.45) is 1.68. The Labute approximate surface area is 196 Å². The van der Waals surface area contributed by atoms with Crippen molar-refractivity contribution in [2.45, 2.75) is 5.92 Å². The molecule has 4 rings (SSSR count). The molecule has 1 aromatic heterocycles. The highest BCUT2D eigenvalue weighted by molar-refractivity contribution is 7.07. The minimum absolute atomic E-state index is 0.0212. The van der Waals surface area contributed by atoms with Crippen molar-refractivity contribution in [3.05, 3.63) is 94.8 Å². The maximum Gasteiger partial charge on any atom is 0.337 e. The van der Waals surface area contributed by atoms with Crippen molar-refractivity contribution in [1.29, 1.82) is 5.26 Å². The molecule has 2 aromatic carbocycles. The molecule has 0 bridgehead atoms. The maximum absolute atomic E-state index is 13.2. The SMILES string of the molecule is COC(=O)C1=c2s/c(=C\c3ccc(Cl)cc3)c(=O)n2C(N)=C(C#N)C1c1ccc(Cl)cc1. The van der Waals surface area contributed by atoms with Gasteiger partial charge in [0.15, 0.2) is 0 Å². The van der Waals surface area contributed by atoms with E-state index in [0.29, 0.717) is 24.8 Å². The number of rotatable bonds is 3. The zero-order valence-corrected chi connectivity index (χ0v) is 19.0. The third-order valence-corrected chi connectivity index (χ3v) is 6.66. The molecule has 1 aliphatic rings. The van der Waals surface area contributed by atoms with E-state index in [-0.39, 0.29) is 17.0 Å². The molecular formula is C23H15Cl2N3O3S. The summed E-state index contributed by atoms with van der Waals surface area (Å²) in [7, 11) is 1.25. The second kappa shape index (κ2) is 8.67. The predicted molar refractivity (Wildman–Crippen MR) is 125 cm³/mol. The quantitative estimate of drug-likeness (QED) is 0.577. The van der Waals surface area contributed by atoms with Crippen molar-refractivity contribution in [2.75, 3.05) is 7.11 Å². The van der Waals surface area contributed by atoms with Gasteiger partial charge in [0, 0.05) is 10.0 Å². The molecule has 0 saturated carbocycles. The third-order valence-electron chi connectivity index (χ3n) is 5.05. The number of carbonyl (C=O) groups is 1. The standard InChI is InChI=1S/C23H15Cl2N3O3S/c1-31-23(30)19-18(13-4-8-15(25)9-5-13)16(11-26)20(27)28-21(29)17(32-22(19)28)10-12-2-6-14(24)7-3-12/h2-10,18H,27H2,1H3/b17-10-. The van der Waals surface area contributed by atoms with Crippen LogP contribution in [0.1, 0.15) is 17.0 Å². The van der Waals surface area contributed by atoms with E-state index in [1.807, 2.05) is 0 Å². The first-order valence-corrected chi connectivity index (χ1v) is 10.9. The van der Waals surface area contributed by atoms with Crippen LogP contribution in [-0.2, 0) is 9.53 Å². The van der Waals surface area contributed by atoms with Crippen LogP contribution < -0.4 is 20.5 Å². The van der Waals surface area contributed by atoms with Crippen LogP contribution in [0.2, 0.25) is 10.0 Å². The Hall–Kier alpha value is -3.31. The summed E-state index contributed by atoms with van der Waals surface area (Å²) in [5, 5.41) is 11.0. The summed E-state index contributed by atoms with van der Waals surface area (Å²) in [6.45, 7) is 0. The minimum atomic E-state index is -0.800. The highest BCUT2D eigenvalue weighted by Crippen LogP contribution is 2.36. The van der Waals surface area contributed by atoms with E-state index in [4.69, 9.17) is 33.7 Å². The summed E-state index contributed by atoms with van der Waals surface area (Å²) in [5.74, 6) is -1.48. The van der Waals surface area contributed by atoms with Gasteiger partial charge in [-0.2, -0.15) is 5.26 Å². The second-order valence-corrected chi connectivity index (χ2v) is 8.81. The topological polar surface area (TPSA) is 98.1 Å². The summed E-state index contributed by atoms with van der Waals surface area (Å²) < 4.78 is 6.89. The zero-order valence-electron chi connectivity index (χ0n) is 16.6. The van der Waals surface area contributed by atoms with E-state index < -0.39 is 17.4 Å². The van der Waals surface area contributed by atoms with Gasteiger partial charge in [-0.25, -0.2) is 4.79 Å². The molecule has 1 unspecified atom stereocenters. The fourth-order valence-corrected chi connectivity index (χ4v) is 4.97. The van der Waals surface area contributed by atoms with Crippen LogP contribution >= 0.6 is 34.5 Å². The monoisotopic (exact) mass is 483 g/mol. The van der Waals surface area contributed by atoms with Crippen LogP contribution in [0.25, 0.3) is 17.5 Å². The number of aromatic nitrogens is 1. The van der Waals surface area contributed by atoms with Gasteiger partial charge >= 0.3 is 5.97 Å². The van der Waals surface area contributed by atoms with Crippen LogP contribution in [0, 0.1) is 11.3 Å². The number of halogens is 2. The van der Waals surface area contributed by atoms with E-state index >= 15 is 0 Å². The Kier molecular flexibility index (Phi) is 5.94. The van der Waals surface area contributed by atoms with Gasteiger partial charge in [-0.15, -0.1) is 11.3 Å². The molecule has 0 fully saturated rings. The van der Waals surface area contributed by atoms with Crippen molar-refractivity contribution in [3.63, 3.8) is 0 Å². The molecule has 0 saturated heterocycles. The molecule has 0 aliphatic carbocycles. The van der Waals surface area contributed by atoms with Gasteiger partial charge < -0.3 is 10.5 Å². The van der Waals surface area contributed by atoms with Crippen LogP contribution in [0.15, 0.2) is 58.9 Å². The summed E-state index contributed by atoms with van der Waals surface area (Å²) in [4.78, 5) is 26.1. The number of esters is 1. The summed E-state index contributed by atoms with van der Waals surface area (Å²) in [5.41, 5.74) is 7.49.